The van der Waals surface area contributed by atoms with E-state index in [2.05, 4.69) is 5.32 Å². The molecule has 0 spiro atoms. The lowest BCUT2D eigenvalue weighted by molar-refractivity contribution is -0.117. The molecule has 2 aromatic rings. The molecule has 3 rings (SSSR count). The van der Waals surface area contributed by atoms with Crippen LogP contribution in [0.5, 0.6) is 5.75 Å². The third-order valence-corrected chi connectivity index (χ3v) is 4.47. The molecule has 1 aliphatic rings. The van der Waals surface area contributed by atoms with E-state index in [9.17, 15) is 9.59 Å². The van der Waals surface area contributed by atoms with Crippen molar-refractivity contribution in [3.8, 4) is 5.75 Å². The zero-order chi connectivity index (χ0) is 18.5. The highest BCUT2D eigenvalue weighted by molar-refractivity contribution is 6.31. The van der Waals surface area contributed by atoms with Crippen molar-refractivity contribution in [2.75, 3.05) is 45.2 Å². The molecule has 26 heavy (non-hydrogen) atoms. The van der Waals surface area contributed by atoms with Crippen molar-refractivity contribution in [1.29, 1.82) is 0 Å². The van der Waals surface area contributed by atoms with Gasteiger partial charge in [0.05, 0.1) is 31.2 Å². The lowest BCUT2D eigenvalue weighted by atomic mass is 10.2. The maximum Gasteiger partial charge on any atom is 0.257 e. The minimum Gasteiger partial charge on any atom is -0.495 e. The van der Waals surface area contributed by atoms with Crippen molar-refractivity contribution in [3.05, 3.63) is 47.4 Å². The number of halogens is 1. The second kappa shape index (κ2) is 8.25. The number of nitrogens with zero attached hydrogens (tertiary/aromatic N) is 2. The van der Waals surface area contributed by atoms with Crippen LogP contribution in [0, 0.1) is 0 Å². The van der Waals surface area contributed by atoms with Crippen LogP contribution in [-0.4, -0.2) is 61.4 Å². The van der Waals surface area contributed by atoms with Gasteiger partial charge in [-0.2, -0.15) is 0 Å². The number of furan rings is 1. The lowest BCUT2D eigenvalue weighted by Gasteiger charge is -2.34. The first-order chi connectivity index (χ1) is 12.6. The molecule has 7 nitrogen and oxygen atoms in total. The first-order valence-electron chi connectivity index (χ1n) is 8.24. The summed E-state index contributed by atoms with van der Waals surface area (Å²) in [7, 11) is 1.54. The van der Waals surface area contributed by atoms with Gasteiger partial charge >= 0.3 is 0 Å². The van der Waals surface area contributed by atoms with E-state index in [-0.39, 0.29) is 18.4 Å². The summed E-state index contributed by atoms with van der Waals surface area (Å²) in [6.45, 7) is 2.63. The molecule has 2 amide bonds. The maximum absolute atomic E-state index is 12.3. The van der Waals surface area contributed by atoms with E-state index in [4.69, 9.17) is 20.8 Å². The highest BCUT2D eigenvalue weighted by atomic mass is 35.5. The number of amides is 2. The van der Waals surface area contributed by atoms with E-state index in [0.29, 0.717) is 48.2 Å². The van der Waals surface area contributed by atoms with Crippen LogP contribution in [0.4, 0.5) is 5.69 Å². The van der Waals surface area contributed by atoms with E-state index < -0.39 is 0 Å². The number of rotatable bonds is 5. The van der Waals surface area contributed by atoms with Gasteiger partial charge in [0.25, 0.3) is 5.91 Å². The van der Waals surface area contributed by atoms with Crippen LogP contribution in [-0.2, 0) is 4.79 Å². The molecule has 0 atom stereocenters. The van der Waals surface area contributed by atoms with Gasteiger partial charge in [-0.3, -0.25) is 14.5 Å². The Hall–Kier alpha value is -2.51. The van der Waals surface area contributed by atoms with Gasteiger partial charge in [0.15, 0.2) is 0 Å². The van der Waals surface area contributed by atoms with Crippen LogP contribution in [0.15, 0.2) is 41.2 Å². The quantitative estimate of drug-likeness (QED) is 0.865. The summed E-state index contributed by atoms with van der Waals surface area (Å²) in [5, 5.41) is 3.34. The molecule has 1 aliphatic heterocycles. The molecule has 1 N–H and O–H groups in total. The van der Waals surface area contributed by atoms with Gasteiger partial charge in [0.2, 0.25) is 5.91 Å². The van der Waals surface area contributed by atoms with Crippen LogP contribution in [0.2, 0.25) is 5.02 Å². The standard InChI is InChI=1S/C18H20ClN3O4/c1-25-16-3-2-14(19)10-15(16)20-17(23)11-21-5-7-22(8-6-21)18(24)13-4-9-26-12-13/h2-4,9-10,12H,5-8,11H2,1H3,(H,20,23). The predicted molar refractivity (Wildman–Crippen MR) is 97.7 cm³/mol. The normalized spacial score (nSPS) is 14.9. The Morgan fingerprint density at radius 2 is 2.00 bits per heavy atom. The average molecular weight is 378 g/mol. The van der Waals surface area contributed by atoms with Crippen molar-refractivity contribution in [1.82, 2.24) is 9.80 Å². The fourth-order valence-electron chi connectivity index (χ4n) is 2.85. The SMILES string of the molecule is COc1ccc(Cl)cc1NC(=O)CN1CCN(C(=O)c2ccoc2)CC1. The molecule has 0 aliphatic carbocycles. The third kappa shape index (κ3) is 4.36. The molecule has 0 saturated carbocycles. The molecule has 0 radical (unpaired) electrons. The Morgan fingerprint density at radius 3 is 2.65 bits per heavy atom. The van der Waals surface area contributed by atoms with E-state index in [1.807, 2.05) is 4.90 Å². The smallest absolute Gasteiger partial charge is 0.257 e. The zero-order valence-electron chi connectivity index (χ0n) is 14.4. The Kier molecular flexibility index (Phi) is 5.80. The summed E-state index contributed by atoms with van der Waals surface area (Å²) < 4.78 is 10.2. The summed E-state index contributed by atoms with van der Waals surface area (Å²) >= 11 is 5.98. The predicted octanol–water partition coefficient (Wildman–Crippen LogP) is 2.34. The second-order valence-corrected chi connectivity index (χ2v) is 6.41. The highest BCUT2D eigenvalue weighted by Crippen LogP contribution is 2.27. The number of hydrogen-bond donors (Lipinski definition) is 1. The van der Waals surface area contributed by atoms with Crippen LogP contribution >= 0.6 is 11.6 Å². The van der Waals surface area contributed by atoms with Crippen LogP contribution < -0.4 is 10.1 Å². The van der Waals surface area contributed by atoms with Gasteiger partial charge in [-0.15, -0.1) is 0 Å². The first kappa shape index (κ1) is 18.3. The average Bonchev–Trinajstić information content (AvgIpc) is 3.16. The lowest BCUT2D eigenvalue weighted by Crippen LogP contribution is -2.50. The number of anilines is 1. The van der Waals surface area contributed by atoms with Crippen molar-refractivity contribution in [3.63, 3.8) is 0 Å². The third-order valence-electron chi connectivity index (χ3n) is 4.23. The van der Waals surface area contributed by atoms with Gasteiger partial charge in [-0.1, -0.05) is 11.6 Å². The number of ether oxygens (including phenoxy) is 1. The van der Waals surface area contributed by atoms with Crippen LogP contribution in [0.1, 0.15) is 10.4 Å². The van der Waals surface area contributed by atoms with Crippen molar-refractivity contribution >= 4 is 29.1 Å². The Balaban J connectivity index is 1.51. The minimum absolute atomic E-state index is 0.0495. The molecule has 0 unspecified atom stereocenters. The molecule has 138 valence electrons. The largest absolute Gasteiger partial charge is 0.495 e. The molecule has 8 heteroatoms. The van der Waals surface area contributed by atoms with E-state index in [1.54, 1.807) is 29.2 Å². The number of piperazine rings is 1. The Labute approximate surface area is 156 Å². The van der Waals surface area contributed by atoms with Gasteiger partial charge in [0, 0.05) is 31.2 Å². The van der Waals surface area contributed by atoms with Gasteiger partial charge in [-0.25, -0.2) is 0 Å². The van der Waals surface area contributed by atoms with Crippen molar-refractivity contribution < 1.29 is 18.7 Å². The summed E-state index contributed by atoms with van der Waals surface area (Å²) in [4.78, 5) is 28.4. The van der Waals surface area contributed by atoms with Crippen molar-refractivity contribution in [2.45, 2.75) is 0 Å². The number of carbonyl (C=O) groups excluding carboxylic acids is 2. The fourth-order valence-corrected chi connectivity index (χ4v) is 3.02. The van der Waals surface area contributed by atoms with Gasteiger partial charge < -0.3 is 19.4 Å². The molecule has 1 saturated heterocycles. The molecule has 1 aromatic carbocycles. The molecular weight excluding hydrogens is 358 g/mol. The number of carbonyl (C=O) groups is 2. The molecule has 2 heterocycles. The summed E-state index contributed by atoms with van der Waals surface area (Å²) in [6.07, 6.45) is 2.93. The topological polar surface area (TPSA) is 75.0 Å². The minimum atomic E-state index is -0.153. The zero-order valence-corrected chi connectivity index (χ0v) is 15.2. The Morgan fingerprint density at radius 1 is 1.23 bits per heavy atom. The number of benzene rings is 1. The molecule has 1 fully saturated rings. The number of methoxy groups -OCH3 is 1. The van der Waals surface area contributed by atoms with E-state index >= 15 is 0 Å². The fraction of sp³-hybridized carbons (Fsp3) is 0.333. The van der Waals surface area contributed by atoms with E-state index in [0.717, 1.165) is 0 Å². The summed E-state index contributed by atoms with van der Waals surface area (Å²) in [6, 6.07) is 6.71. The molecule has 1 aromatic heterocycles. The van der Waals surface area contributed by atoms with Gasteiger partial charge in [0.1, 0.15) is 12.0 Å². The molecule has 0 bridgehead atoms. The van der Waals surface area contributed by atoms with E-state index in [1.165, 1.54) is 19.6 Å². The summed E-state index contributed by atoms with van der Waals surface area (Å²) in [5.41, 5.74) is 1.09. The van der Waals surface area contributed by atoms with Crippen LogP contribution in [0.25, 0.3) is 0 Å². The van der Waals surface area contributed by atoms with Crippen molar-refractivity contribution in [2.24, 2.45) is 0 Å². The highest BCUT2D eigenvalue weighted by Gasteiger charge is 2.24. The van der Waals surface area contributed by atoms with Crippen LogP contribution in [0.3, 0.4) is 0 Å². The number of nitrogens with one attached hydrogen (secondary N) is 1. The van der Waals surface area contributed by atoms with Gasteiger partial charge in [-0.05, 0) is 24.3 Å². The molecular formula is C18H20ClN3O4. The first-order valence-corrected chi connectivity index (χ1v) is 8.62. The summed E-state index contributed by atoms with van der Waals surface area (Å²) in [5.74, 6) is 0.352. The number of hydrogen-bond acceptors (Lipinski definition) is 5. The maximum atomic E-state index is 12.3. The Bertz CT molecular complexity index is 771. The monoisotopic (exact) mass is 377 g/mol. The second-order valence-electron chi connectivity index (χ2n) is 5.97.